The lowest BCUT2D eigenvalue weighted by Crippen LogP contribution is -2.30. The van der Waals surface area contributed by atoms with Crippen LogP contribution >= 0.6 is 11.8 Å². The second-order valence-corrected chi connectivity index (χ2v) is 6.26. The number of hydrogen-bond acceptors (Lipinski definition) is 4. The van der Waals surface area contributed by atoms with Crippen LogP contribution in [0.3, 0.4) is 0 Å². The van der Waals surface area contributed by atoms with E-state index >= 15 is 0 Å². The van der Waals surface area contributed by atoms with Crippen LogP contribution in [0.5, 0.6) is 11.5 Å². The highest BCUT2D eigenvalue weighted by Crippen LogP contribution is 2.35. The van der Waals surface area contributed by atoms with Crippen LogP contribution in [0.25, 0.3) is 0 Å². The molecule has 0 amide bonds. The highest BCUT2D eigenvalue weighted by atomic mass is 32.2. The Morgan fingerprint density at radius 1 is 1.20 bits per heavy atom. The minimum absolute atomic E-state index is 0.651. The maximum atomic E-state index is 5.41. The number of hydrogen-bond donors (Lipinski definition) is 1. The Morgan fingerprint density at radius 3 is 2.45 bits per heavy atom. The van der Waals surface area contributed by atoms with Gasteiger partial charge in [0.1, 0.15) is 0 Å². The molecule has 1 aromatic carbocycles. The summed E-state index contributed by atoms with van der Waals surface area (Å²) in [5, 5.41) is 3.70. The maximum Gasteiger partial charge on any atom is 0.161 e. The van der Waals surface area contributed by atoms with Crippen molar-refractivity contribution in [2.75, 3.05) is 20.5 Å². The molecule has 3 nitrogen and oxygen atoms in total. The molecule has 0 heterocycles. The molecule has 2 atom stereocenters. The molecule has 112 valence electrons. The van der Waals surface area contributed by atoms with Crippen LogP contribution in [0.2, 0.25) is 0 Å². The first-order valence-electron chi connectivity index (χ1n) is 7.21. The summed E-state index contributed by atoms with van der Waals surface area (Å²) >= 11 is 1.75. The van der Waals surface area contributed by atoms with Gasteiger partial charge in [-0.15, -0.1) is 11.8 Å². The first kappa shape index (κ1) is 15.5. The molecule has 4 heteroatoms. The Kier molecular flexibility index (Phi) is 5.61. The highest BCUT2D eigenvalue weighted by molar-refractivity contribution is 7.98. The molecule has 2 rings (SSSR count). The molecule has 20 heavy (non-hydrogen) atoms. The van der Waals surface area contributed by atoms with E-state index in [0.29, 0.717) is 6.04 Å². The molecule has 2 unspecified atom stereocenters. The molecular weight excluding hydrogens is 270 g/mol. The molecule has 1 fully saturated rings. The molecule has 0 saturated heterocycles. The summed E-state index contributed by atoms with van der Waals surface area (Å²) in [7, 11) is 3.37. The average Bonchev–Trinajstić information content (AvgIpc) is 2.89. The monoisotopic (exact) mass is 295 g/mol. The molecule has 0 radical (unpaired) electrons. The van der Waals surface area contributed by atoms with E-state index < -0.39 is 0 Å². The van der Waals surface area contributed by atoms with Gasteiger partial charge in [-0.1, -0.05) is 13.3 Å². The summed E-state index contributed by atoms with van der Waals surface area (Å²) in [6.45, 7) is 3.24. The second-order valence-electron chi connectivity index (χ2n) is 5.41. The largest absolute Gasteiger partial charge is 0.493 e. The maximum absolute atomic E-state index is 5.41. The van der Waals surface area contributed by atoms with Crippen molar-refractivity contribution in [2.45, 2.75) is 43.7 Å². The standard InChI is InChI=1S/C16H25NO2S/c1-11-6-5-7-13(11)17-10-12-8-14(18-2)15(19-3)9-16(12)20-4/h8-9,11,13,17H,5-7,10H2,1-4H3. The molecule has 1 aliphatic rings. The Morgan fingerprint density at radius 2 is 1.90 bits per heavy atom. The van der Waals surface area contributed by atoms with Crippen molar-refractivity contribution in [3.63, 3.8) is 0 Å². The van der Waals surface area contributed by atoms with E-state index in [1.807, 2.05) is 0 Å². The molecule has 1 aromatic rings. The third kappa shape index (κ3) is 3.41. The Hall–Kier alpha value is -0.870. The van der Waals surface area contributed by atoms with Crippen LogP contribution in [-0.2, 0) is 6.54 Å². The van der Waals surface area contributed by atoms with Gasteiger partial charge < -0.3 is 14.8 Å². The average molecular weight is 295 g/mol. The van der Waals surface area contributed by atoms with Gasteiger partial charge in [-0.05, 0) is 42.7 Å². The zero-order valence-electron chi connectivity index (χ0n) is 12.9. The lowest BCUT2D eigenvalue weighted by atomic mass is 10.1. The summed E-state index contributed by atoms with van der Waals surface area (Å²) in [5.41, 5.74) is 1.29. The lowest BCUT2D eigenvalue weighted by molar-refractivity contribution is 0.352. The van der Waals surface area contributed by atoms with Gasteiger partial charge in [0.25, 0.3) is 0 Å². The van der Waals surface area contributed by atoms with Crippen molar-refractivity contribution in [1.82, 2.24) is 5.32 Å². The SMILES string of the molecule is COc1cc(CNC2CCCC2C)c(SC)cc1OC. The third-order valence-corrected chi connectivity index (χ3v) is 5.02. The normalized spacial score (nSPS) is 22.0. The molecule has 0 aromatic heterocycles. The smallest absolute Gasteiger partial charge is 0.161 e. The number of ether oxygens (including phenoxy) is 2. The quantitative estimate of drug-likeness (QED) is 0.811. The summed E-state index contributed by atoms with van der Waals surface area (Å²) in [4.78, 5) is 1.25. The topological polar surface area (TPSA) is 30.5 Å². The zero-order chi connectivity index (χ0) is 14.5. The molecule has 1 aliphatic carbocycles. The van der Waals surface area contributed by atoms with E-state index in [9.17, 15) is 0 Å². The Balaban J connectivity index is 2.13. The van der Waals surface area contributed by atoms with Crippen LogP contribution in [-0.4, -0.2) is 26.5 Å². The van der Waals surface area contributed by atoms with Crippen LogP contribution in [0.1, 0.15) is 31.7 Å². The number of rotatable bonds is 6. The molecule has 0 spiro atoms. The second kappa shape index (κ2) is 7.23. The van der Waals surface area contributed by atoms with Crippen molar-refractivity contribution < 1.29 is 9.47 Å². The number of thioether (sulfide) groups is 1. The summed E-state index contributed by atoms with van der Waals surface area (Å²) in [6.07, 6.45) is 6.09. The van der Waals surface area contributed by atoms with Gasteiger partial charge in [0.2, 0.25) is 0 Å². The highest BCUT2D eigenvalue weighted by Gasteiger charge is 2.23. The number of methoxy groups -OCH3 is 2. The third-order valence-electron chi connectivity index (χ3n) is 4.20. The predicted molar refractivity (Wildman–Crippen MR) is 85.0 cm³/mol. The van der Waals surface area contributed by atoms with Crippen molar-refractivity contribution in [1.29, 1.82) is 0 Å². The van der Waals surface area contributed by atoms with Gasteiger partial charge in [-0.2, -0.15) is 0 Å². The molecule has 1 saturated carbocycles. The van der Waals surface area contributed by atoms with Gasteiger partial charge in [0, 0.05) is 17.5 Å². The zero-order valence-corrected chi connectivity index (χ0v) is 13.7. The van der Waals surface area contributed by atoms with Crippen molar-refractivity contribution in [3.05, 3.63) is 17.7 Å². The first-order valence-corrected chi connectivity index (χ1v) is 8.44. The minimum Gasteiger partial charge on any atom is -0.493 e. The Labute approximate surface area is 126 Å². The van der Waals surface area contributed by atoms with Gasteiger partial charge in [0.15, 0.2) is 11.5 Å². The van der Waals surface area contributed by atoms with E-state index in [2.05, 4.69) is 30.6 Å². The predicted octanol–water partition coefficient (Wildman–Crippen LogP) is 3.70. The van der Waals surface area contributed by atoms with Gasteiger partial charge in [-0.3, -0.25) is 0 Å². The molecule has 1 N–H and O–H groups in total. The van der Waals surface area contributed by atoms with Gasteiger partial charge in [-0.25, -0.2) is 0 Å². The van der Waals surface area contributed by atoms with Crippen LogP contribution in [0.4, 0.5) is 0 Å². The van der Waals surface area contributed by atoms with Crippen LogP contribution in [0, 0.1) is 5.92 Å². The van der Waals surface area contributed by atoms with E-state index in [-0.39, 0.29) is 0 Å². The van der Waals surface area contributed by atoms with E-state index in [4.69, 9.17) is 9.47 Å². The summed E-state index contributed by atoms with van der Waals surface area (Å²) in [5.74, 6) is 2.39. The molecular formula is C16H25NO2S. The molecule has 0 aliphatic heterocycles. The summed E-state index contributed by atoms with van der Waals surface area (Å²) < 4.78 is 10.8. The van der Waals surface area contributed by atoms with E-state index in [1.54, 1.807) is 26.0 Å². The number of benzene rings is 1. The van der Waals surface area contributed by atoms with Crippen LogP contribution < -0.4 is 14.8 Å². The van der Waals surface area contributed by atoms with Gasteiger partial charge in [0.05, 0.1) is 14.2 Å². The van der Waals surface area contributed by atoms with Crippen molar-refractivity contribution in [2.24, 2.45) is 5.92 Å². The van der Waals surface area contributed by atoms with Gasteiger partial charge >= 0.3 is 0 Å². The van der Waals surface area contributed by atoms with Crippen molar-refractivity contribution >= 4 is 11.8 Å². The molecule has 0 bridgehead atoms. The summed E-state index contributed by atoms with van der Waals surface area (Å²) in [6, 6.07) is 4.81. The van der Waals surface area contributed by atoms with E-state index in [1.165, 1.54) is 29.7 Å². The Bertz CT molecular complexity index is 450. The number of nitrogens with one attached hydrogen (secondary N) is 1. The van der Waals surface area contributed by atoms with Crippen LogP contribution in [0.15, 0.2) is 17.0 Å². The van der Waals surface area contributed by atoms with E-state index in [0.717, 1.165) is 24.0 Å². The fraction of sp³-hybridized carbons (Fsp3) is 0.625. The fourth-order valence-electron chi connectivity index (χ4n) is 2.92. The fourth-order valence-corrected chi connectivity index (χ4v) is 3.54. The first-order chi connectivity index (χ1) is 9.69. The van der Waals surface area contributed by atoms with Crippen molar-refractivity contribution in [3.8, 4) is 11.5 Å². The minimum atomic E-state index is 0.651. The lowest BCUT2D eigenvalue weighted by Gasteiger charge is -2.19.